The van der Waals surface area contributed by atoms with Gasteiger partial charge in [-0.2, -0.15) is 8.78 Å². The van der Waals surface area contributed by atoms with Gasteiger partial charge in [0.25, 0.3) is 5.91 Å². The molecule has 31 heavy (non-hydrogen) atoms. The molecule has 0 aliphatic rings. The van der Waals surface area contributed by atoms with Crippen LogP contribution in [0.4, 0.5) is 8.78 Å². The molecular weight excluding hydrogens is 426 g/mol. The second kappa shape index (κ2) is 9.13. The number of aromatic nitrogens is 1. The summed E-state index contributed by atoms with van der Waals surface area (Å²) in [5.74, 6) is 0.491. The average Bonchev–Trinajstić information content (AvgIpc) is 3.40. The number of alkyl halides is 2. The Bertz CT molecular complexity index is 1170. The summed E-state index contributed by atoms with van der Waals surface area (Å²) in [6, 6.07) is 15.8. The van der Waals surface area contributed by atoms with Crippen LogP contribution in [0.1, 0.15) is 16.1 Å². The molecule has 0 bridgehead atoms. The molecule has 4 rings (SSSR count). The maximum absolute atomic E-state index is 12.6. The van der Waals surface area contributed by atoms with Gasteiger partial charge in [0, 0.05) is 6.54 Å². The second-order valence-corrected chi connectivity index (χ2v) is 7.55. The van der Waals surface area contributed by atoms with Gasteiger partial charge in [-0.25, -0.2) is 4.98 Å². The van der Waals surface area contributed by atoms with Crippen LogP contribution in [0.5, 0.6) is 11.5 Å². The van der Waals surface area contributed by atoms with Gasteiger partial charge < -0.3 is 19.2 Å². The lowest BCUT2D eigenvalue weighted by molar-refractivity contribution is -0.0512. The van der Waals surface area contributed by atoms with Crippen molar-refractivity contribution < 1.29 is 27.5 Å². The number of carbonyl (C=O) groups excluding carboxylic acids is 1. The molecule has 0 saturated carbocycles. The largest absolute Gasteiger partial charge is 0.493 e. The number of furan rings is 1. The van der Waals surface area contributed by atoms with Gasteiger partial charge in [-0.05, 0) is 48.4 Å². The number of carbonyl (C=O) groups is 1. The molecule has 9 heteroatoms. The van der Waals surface area contributed by atoms with Crippen LogP contribution < -0.4 is 14.8 Å². The molecule has 1 N–H and O–H groups in total. The van der Waals surface area contributed by atoms with Gasteiger partial charge >= 0.3 is 6.61 Å². The van der Waals surface area contributed by atoms with Gasteiger partial charge in [0.05, 0.1) is 17.3 Å². The first kappa shape index (κ1) is 20.8. The number of halogens is 2. The number of benzene rings is 2. The number of para-hydroxylation sites is 1. The zero-order valence-corrected chi connectivity index (χ0v) is 17.2. The molecule has 1 amide bonds. The van der Waals surface area contributed by atoms with Crippen LogP contribution in [0.3, 0.4) is 0 Å². The molecule has 6 nitrogen and oxygen atoms in total. The number of nitrogens with one attached hydrogen (secondary N) is 1. The normalized spacial score (nSPS) is 11.1. The van der Waals surface area contributed by atoms with Crippen LogP contribution in [0.25, 0.3) is 21.0 Å². The Morgan fingerprint density at radius 1 is 1.16 bits per heavy atom. The first-order valence-electron chi connectivity index (χ1n) is 9.39. The van der Waals surface area contributed by atoms with Crippen LogP contribution in [-0.4, -0.2) is 31.2 Å². The Kier molecular flexibility index (Phi) is 6.13. The molecule has 160 valence electrons. The summed E-state index contributed by atoms with van der Waals surface area (Å²) in [5.41, 5.74) is 1.59. The number of ether oxygens (including phenoxy) is 2. The number of hydrogen-bond donors (Lipinski definition) is 1. The minimum absolute atomic E-state index is 0.0483. The van der Waals surface area contributed by atoms with Crippen molar-refractivity contribution in [3.05, 3.63) is 65.9 Å². The van der Waals surface area contributed by atoms with E-state index in [0.717, 1.165) is 10.2 Å². The minimum atomic E-state index is -2.95. The van der Waals surface area contributed by atoms with Crippen molar-refractivity contribution in [2.45, 2.75) is 13.0 Å². The number of hydrogen-bond acceptors (Lipinski definition) is 6. The van der Waals surface area contributed by atoms with Crippen LogP contribution in [0, 0.1) is 0 Å². The van der Waals surface area contributed by atoms with Crippen molar-refractivity contribution in [3.63, 3.8) is 0 Å². The summed E-state index contributed by atoms with van der Waals surface area (Å²) < 4.78 is 41.3. The predicted molar refractivity (Wildman–Crippen MR) is 113 cm³/mol. The molecule has 0 spiro atoms. The van der Waals surface area contributed by atoms with Crippen molar-refractivity contribution >= 4 is 27.5 Å². The van der Waals surface area contributed by atoms with E-state index in [1.165, 1.54) is 24.5 Å². The molecule has 0 unspecified atom stereocenters. The van der Waals surface area contributed by atoms with Gasteiger partial charge in [-0.3, -0.25) is 4.79 Å². The third-order valence-electron chi connectivity index (χ3n) is 4.48. The standard InChI is InChI=1S/C22H18F2N2O4S/c1-28-15-7-6-13(12-18(15)30-22(23)24)10-11-25-20(27)16-8-9-17(29-16)21-26-14-4-2-3-5-19(14)31-21/h2-9,12,22H,10-11H2,1H3,(H,25,27). The molecule has 2 heterocycles. The summed E-state index contributed by atoms with van der Waals surface area (Å²) in [5, 5.41) is 3.46. The Morgan fingerprint density at radius 3 is 2.77 bits per heavy atom. The van der Waals surface area contributed by atoms with Gasteiger partial charge in [-0.1, -0.05) is 18.2 Å². The molecule has 0 aliphatic carbocycles. The number of nitrogens with zero attached hydrogens (tertiary/aromatic N) is 1. The summed E-state index contributed by atoms with van der Waals surface area (Å²) in [7, 11) is 1.37. The van der Waals surface area contributed by atoms with Crippen LogP contribution in [-0.2, 0) is 6.42 Å². The van der Waals surface area contributed by atoms with Crippen molar-refractivity contribution in [1.82, 2.24) is 10.3 Å². The summed E-state index contributed by atoms with van der Waals surface area (Å²) in [4.78, 5) is 16.9. The molecule has 2 aromatic heterocycles. The van der Waals surface area contributed by atoms with E-state index in [-0.39, 0.29) is 29.7 Å². The van der Waals surface area contributed by atoms with E-state index in [1.807, 2.05) is 24.3 Å². The highest BCUT2D eigenvalue weighted by Gasteiger charge is 2.15. The van der Waals surface area contributed by atoms with Gasteiger partial charge in [-0.15, -0.1) is 11.3 Å². The number of rotatable bonds is 8. The SMILES string of the molecule is COc1ccc(CCNC(=O)c2ccc(-c3nc4ccccc4s3)o2)cc1OC(F)F. The fraction of sp³-hybridized carbons (Fsp3) is 0.182. The van der Waals surface area contributed by atoms with E-state index in [0.29, 0.717) is 22.8 Å². The van der Waals surface area contributed by atoms with Crippen LogP contribution >= 0.6 is 11.3 Å². The molecular formula is C22H18F2N2O4S. The minimum Gasteiger partial charge on any atom is -0.493 e. The lowest BCUT2D eigenvalue weighted by Crippen LogP contribution is -2.25. The van der Waals surface area contributed by atoms with E-state index in [2.05, 4.69) is 15.0 Å². The summed E-state index contributed by atoms with van der Waals surface area (Å²) in [6.07, 6.45) is 0.417. The van der Waals surface area contributed by atoms with Gasteiger partial charge in [0.1, 0.15) is 0 Å². The lowest BCUT2D eigenvalue weighted by atomic mass is 10.1. The van der Waals surface area contributed by atoms with Crippen molar-refractivity contribution in [2.24, 2.45) is 0 Å². The van der Waals surface area contributed by atoms with Gasteiger partial charge in [0.15, 0.2) is 28.0 Å². The maximum atomic E-state index is 12.6. The smallest absolute Gasteiger partial charge is 0.387 e. The Labute approximate surface area is 180 Å². The second-order valence-electron chi connectivity index (χ2n) is 6.52. The van der Waals surface area contributed by atoms with E-state index >= 15 is 0 Å². The number of methoxy groups -OCH3 is 1. The molecule has 2 aromatic carbocycles. The highest BCUT2D eigenvalue weighted by atomic mass is 32.1. The Morgan fingerprint density at radius 2 is 2.00 bits per heavy atom. The van der Waals surface area contributed by atoms with E-state index in [1.54, 1.807) is 24.3 Å². The Balaban J connectivity index is 1.37. The third kappa shape index (κ3) is 4.83. The molecule has 0 radical (unpaired) electrons. The molecule has 0 fully saturated rings. The average molecular weight is 444 g/mol. The zero-order chi connectivity index (χ0) is 21.8. The van der Waals surface area contributed by atoms with Crippen molar-refractivity contribution in [2.75, 3.05) is 13.7 Å². The van der Waals surface area contributed by atoms with E-state index < -0.39 is 6.61 Å². The number of fused-ring (bicyclic) bond motifs is 1. The fourth-order valence-electron chi connectivity index (χ4n) is 3.02. The molecule has 4 aromatic rings. The van der Waals surface area contributed by atoms with Crippen molar-refractivity contribution in [1.29, 1.82) is 0 Å². The zero-order valence-electron chi connectivity index (χ0n) is 16.4. The Hall–Kier alpha value is -3.46. The predicted octanol–water partition coefficient (Wildman–Crippen LogP) is 5.14. The molecule has 0 atom stereocenters. The fourth-order valence-corrected chi connectivity index (χ4v) is 3.95. The highest BCUT2D eigenvalue weighted by Crippen LogP contribution is 2.31. The first-order valence-corrected chi connectivity index (χ1v) is 10.2. The lowest BCUT2D eigenvalue weighted by Gasteiger charge is -2.11. The molecule has 0 aliphatic heterocycles. The van der Waals surface area contributed by atoms with Gasteiger partial charge in [0.2, 0.25) is 0 Å². The number of thiazole rings is 1. The van der Waals surface area contributed by atoms with Crippen LogP contribution in [0.2, 0.25) is 0 Å². The number of amides is 1. The maximum Gasteiger partial charge on any atom is 0.387 e. The van der Waals surface area contributed by atoms with Crippen LogP contribution in [0.15, 0.2) is 59.0 Å². The third-order valence-corrected chi connectivity index (χ3v) is 5.53. The van der Waals surface area contributed by atoms with E-state index in [9.17, 15) is 13.6 Å². The van der Waals surface area contributed by atoms with Crippen molar-refractivity contribution in [3.8, 4) is 22.3 Å². The monoisotopic (exact) mass is 444 g/mol. The highest BCUT2D eigenvalue weighted by molar-refractivity contribution is 7.21. The molecule has 0 saturated heterocycles. The summed E-state index contributed by atoms with van der Waals surface area (Å²) in [6.45, 7) is -2.66. The van der Waals surface area contributed by atoms with E-state index in [4.69, 9.17) is 9.15 Å². The topological polar surface area (TPSA) is 73.6 Å². The quantitative estimate of drug-likeness (QED) is 0.407. The summed E-state index contributed by atoms with van der Waals surface area (Å²) >= 11 is 1.49. The first-order chi connectivity index (χ1) is 15.0.